The van der Waals surface area contributed by atoms with Crippen LogP contribution in [0.1, 0.15) is 30.0 Å². The number of hydrogen-bond acceptors (Lipinski definition) is 5. The summed E-state index contributed by atoms with van der Waals surface area (Å²) in [7, 11) is 0. The van der Waals surface area contributed by atoms with Crippen LogP contribution in [0.5, 0.6) is 17.2 Å². The highest BCUT2D eigenvalue weighted by Crippen LogP contribution is 2.37. The second-order valence-electron chi connectivity index (χ2n) is 5.92. The first-order chi connectivity index (χ1) is 12.2. The van der Waals surface area contributed by atoms with Gasteiger partial charge in [0.25, 0.3) is 0 Å². The van der Waals surface area contributed by atoms with E-state index in [2.05, 4.69) is 0 Å². The van der Waals surface area contributed by atoms with E-state index < -0.39 is 0 Å². The van der Waals surface area contributed by atoms with Gasteiger partial charge in [0.1, 0.15) is 19.0 Å². The summed E-state index contributed by atoms with van der Waals surface area (Å²) in [5.41, 5.74) is 2.96. The molecule has 1 aliphatic heterocycles. The molecule has 2 aromatic carbocycles. The Bertz CT molecular complexity index is 736. The SMILES string of the molecule is CCOC(=O)CCc1ccc(Cc2cc3c(cc2O)OCCO3)cc1. The number of phenolic OH excluding ortho intramolecular Hbond substituents is 1. The average molecular weight is 342 g/mol. The topological polar surface area (TPSA) is 65.0 Å². The van der Waals surface area contributed by atoms with Gasteiger partial charge in [-0.2, -0.15) is 0 Å². The number of fused-ring (bicyclic) bond motifs is 1. The molecule has 0 atom stereocenters. The Hall–Kier alpha value is -2.69. The Morgan fingerprint density at radius 3 is 2.40 bits per heavy atom. The molecule has 1 N–H and O–H groups in total. The van der Waals surface area contributed by atoms with Gasteiger partial charge in [-0.1, -0.05) is 24.3 Å². The smallest absolute Gasteiger partial charge is 0.306 e. The zero-order valence-corrected chi connectivity index (χ0v) is 14.3. The Morgan fingerprint density at radius 1 is 1.08 bits per heavy atom. The van der Waals surface area contributed by atoms with Crippen molar-refractivity contribution in [3.8, 4) is 17.2 Å². The summed E-state index contributed by atoms with van der Waals surface area (Å²) in [5, 5.41) is 10.2. The Labute approximate surface area is 147 Å². The molecule has 0 saturated carbocycles. The van der Waals surface area contributed by atoms with Crippen LogP contribution in [0, 0.1) is 0 Å². The number of ether oxygens (including phenoxy) is 3. The minimum absolute atomic E-state index is 0.173. The summed E-state index contributed by atoms with van der Waals surface area (Å²) in [6.45, 7) is 3.24. The van der Waals surface area contributed by atoms with E-state index in [9.17, 15) is 9.90 Å². The van der Waals surface area contributed by atoms with Crippen molar-refractivity contribution in [2.45, 2.75) is 26.2 Å². The highest BCUT2D eigenvalue weighted by Gasteiger charge is 2.15. The van der Waals surface area contributed by atoms with Crippen molar-refractivity contribution in [2.24, 2.45) is 0 Å². The van der Waals surface area contributed by atoms with Crippen LogP contribution in [0.15, 0.2) is 36.4 Å². The maximum Gasteiger partial charge on any atom is 0.306 e. The average Bonchev–Trinajstić information content (AvgIpc) is 2.62. The van der Waals surface area contributed by atoms with Crippen molar-refractivity contribution in [2.75, 3.05) is 19.8 Å². The molecule has 132 valence electrons. The molecule has 0 bridgehead atoms. The Kier molecular flexibility index (Phi) is 5.43. The predicted octanol–water partition coefficient (Wildman–Crippen LogP) is 3.25. The van der Waals surface area contributed by atoms with E-state index >= 15 is 0 Å². The second kappa shape index (κ2) is 7.92. The predicted molar refractivity (Wildman–Crippen MR) is 93.3 cm³/mol. The van der Waals surface area contributed by atoms with Crippen molar-refractivity contribution in [1.29, 1.82) is 0 Å². The molecular weight excluding hydrogens is 320 g/mol. The minimum atomic E-state index is -0.173. The second-order valence-corrected chi connectivity index (χ2v) is 5.92. The molecule has 0 unspecified atom stereocenters. The van der Waals surface area contributed by atoms with Crippen LogP contribution in [0.2, 0.25) is 0 Å². The monoisotopic (exact) mass is 342 g/mol. The van der Waals surface area contributed by atoms with Crippen LogP contribution in [0.4, 0.5) is 0 Å². The van der Waals surface area contributed by atoms with Crippen molar-refractivity contribution in [3.05, 3.63) is 53.1 Å². The first-order valence-electron chi connectivity index (χ1n) is 8.50. The zero-order valence-electron chi connectivity index (χ0n) is 14.3. The van der Waals surface area contributed by atoms with Gasteiger partial charge in [-0.3, -0.25) is 4.79 Å². The van der Waals surface area contributed by atoms with Gasteiger partial charge in [-0.05, 0) is 30.5 Å². The van der Waals surface area contributed by atoms with Crippen LogP contribution < -0.4 is 9.47 Å². The number of hydrogen-bond donors (Lipinski definition) is 1. The molecule has 0 saturated heterocycles. The molecule has 0 aliphatic carbocycles. The molecule has 25 heavy (non-hydrogen) atoms. The van der Waals surface area contributed by atoms with Crippen LogP contribution in [-0.2, 0) is 22.4 Å². The highest BCUT2D eigenvalue weighted by atomic mass is 16.6. The molecule has 3 rings (SSSR count). The van der Waals surface area contributed by atoms with E-state index in [1.807, 2.05) is 30.3 Å². The Balaban J connectivity index is 1.64. The normalized spacial score (nSPS) is 12.7. The van der Waals surface area contributed by atoms with E-state index in [4.69, 9.17) is 14.2 Å². The van der Waals surface area contributed by atoms with Gasteiger partial charge in [-0.15, -0.1) is 0 Å². The van der Waals surface area contributed by atoms with Gasteiger partial charge in [0.05, 0.1) is 6.61 Å². The number of aromatic hydroxyl groups is 1. The summed E-state index contributed by atoms with van der Waals surface area (Å²) in [4.78, 5) is 11.4. The zero-order chi connectivity index (χ0) is 17.6. The van der Waals surface area contributed by atoms with Gasteiger partial charge < -0.3 is 19.3 Å². The maximum atomic E-state index is 11.4. The van der Waals surface area contributed by atoms with E-state index in [1.165, 1.54) is 0 Å². The number of phenols is 1. The van der Waals surface area contributed by atoms with Crippen LogP contribution >= 0.6 is 0 Å². The molecule has 0 spiro atoms. The number of esters is 1. The minimum Gasteiger partial charge on any atom is -0.508 e. The summed E-state index contributed by atoms with van der Waals surface area (Å²) in [6.07, 6.45) is 1.64. The summed E-state index contributed by atoms with van der Waals surface area (Å²) >= 11 is 0. The van der Waals surface area contributed by atoms with Gasteiger partial charge in [-0.25, -0.2) is 0 Å². The number of rotatable bonds is 6. The molecule has 2 aromatic rings. The third kappa shape index (κ3) is 4.44. The molecule has 5 nitrogen and oxygen atoms in total. The lowest BCUT2D eigenvalue weighted by molar-refractivity contribution is -0.143. The lowest BCUT2D eigenvalue weighted by atomic mass is 10.0. The summed E-state index contributed by atoms with van der Waals surface area (Å²) in [5.74, 6) is 1.29. The first kappa shape index (κ1) is 17.1. The maximum absolute atomic E-state index is 11.4. The van der Waals surface area contributed by atoms with Crippen molar-refractivity contribution in [3.63, 3.8) is 0 Å². The van der Waals surface area contributed by atoms with Crippen molar-refractivity contribution in [1.82, 2.24) is 0 Å². The fourth-order valence-corrected chi connectivity index (χ4v) is 2.78. The first-order valence-corrected chi connectivity index (χ1v) is 8.50. The van der Waals surface area contributed by atoms with E-state index in [0.717, 1.165) is 16.7 Å². The number of benzene rings is 2. The van der Waals surface area contributed by atoms with Gasteiger partial charge in [0.15, 0.2) is 11.5 Å². The molecule has 0 radical (unpaired) electrons. The summed E-state index contributed by atoms with van der Waals surface area (Å²) < 4.78 is 16.0. The van der Waals surface area contributed by atoms with Crippen LogP contribution in [0.3, 0.4) is 0 Å². The van der Waals surface area contributed by atoms with Crippen LogP contribution in [0.25, 0.3) is 0 Å². The van der Waals surface area contributed by atoms with Gasteiger partial charge in [0.2, 0.25) is 0 Å². The van der Waals surface area contributed by atoms with Gasteiger partial charge >= 0.3 is 5.97 Å². The number of carbonyl (C=O) groups excluding carboxylic acids is 1. The quantitative estimate of drug-likeness (QED) is 0.817. The van der Waals surface area contributed by atoms with E-state index in [1.54, 1.807) is 13.0 Å². The van der Waals surface area contributed by atoms with Crippen molar-refractivity contribution >= 4 is 5.97 Å². The molecule has 1 heterocycles. The molecule has 0 aromatic heterocycles. The fraction of sp³-hybridized carbons (Fsp3) is 0.350. The third-order valence-corrected chi connectivity index (χ3v) is 4.08. The van der Waals surface area contributed by atoms with Crippen LogP contribution in [-0.4, -0.2) is 30.9 Å². The lowest BCUT2D eigenvalue weighted by Gasteiger charge is -2.19. The standard InChI is InChI=1S/C20H22O5/c1-2-23-20(22)8-7-14-3-5-15(6-4-14)11-16-12-18-19(13-17(16)21)25-10-9-24-18/h3-6,12-13,21H,2,7-11H2,1H3. The Morgan fingerprint density at radius 2 is 1.72 bits per heavy atom. The lowest BCUT2D eigenvalue weighted by Crippen LogP contribution is -2.15. The fourth-order valence-electron chi connectivity index (χ4n) is 2.78. The molecule has 0 amide bonds. The largest absolute Gasteiger partial charge is 0.508 e. The van der Waals surface area contributed by atoms with E-state index in [0.29, 0.717) is 50.6 Å². The molecule has 1 aliphatic rings. The number of carbonyl (C=O) groups is 1. The highest BCUT2D eigenvalue weighted by molar-refractivity contribution is 5.69. The number of aryl methyl sites for hydroxylation is 1. The molecule has 0 fully saturated rings. The molecule has 5 heteroatoms. The van der Waals surface area contributed by atoms with Gasteiger partial charge in [0, 0.05) is 24.5 Å². The van der Waals surface area contributed by atoms with E-state index in [-0.39, 0.29) is 11.7 Å². The van der Waals surface area contributed by atoms with Crippen molar-refractivity contribution < 1.29 is 24.1 Å². The summed E-state index contributed by atoms with van der Waals surface area (Å²) in [6, 6.07) is 11.5. The molecular formula is C20H22O5. The third-order valence-electron chi connectivity index (χ3n) is 4.08.